The molecule has 1 heterocycles. The fourth-order valence-electron chi connectivity index (χ4n) is 2.18. The summed E-state index contributed by atoms with van der Waals surface area (Å²) in [6.07, 6.45) is -1.000. The number of ether oxygens (including phenoxy) is 2. The number of carbonyl (C=O) groups is 1. The molecule has 0 aliphatic rings. The van der Waals surface area contributed by atoms with E-state index in [1.54, 1.807) is 18.2 Å². The second-order valence-electron chi connectivity index (χ2n) is 4.65. The fourth-order valence-corrected chi connectivity index (χ4v) is 2.40. The Bertz CT molecular complexity index is 1050. The van der Waals surface area contributed by atoms with Crippen LogP contribution in [0.15, 0.2) is 56.5 Å². The number of halogens is 1. The lowest BCUT2D eigenvalue weighted by Gasteiger charge is -2.09. The molecule has 0 bridgehead atoms. The van der Waals surface area contributed by atoms with Crippen LogP contribution in [0, 0.1) is 0 Å². The zero-order valence-electron chi connectivity index (χ0n) is 12.3. The summed E-state index contributed by atoms with van der Waals surface area (Å²) in [4.78, 5) is 36.2. The highest BCUT2D eigenvalue weighted by Crippen LogP contribution is 2.24. The first-order valence-corrected chi connectivity index (χ1v) is 7.10. The lowest BCUT2D eigenvalue weighted by molar-refractivity contribution is 0.121. The van der Waals surface area contributed by atoms with Crippen molar-refractivity contribution < 1.29 is 18.7 Å². The Hall–Kier alpha value is -3.06. The van der Waals surface area contributed by atoms with E-state index in [2.05, 4.69) is 4.74 Å². The molecule has 0 saturated carbocycles. The van der Waals surface area contributed by atoms with Crippen LogP contribution in [0.4, 0.5) is 4.79 Å². The van der Waals surface area contributed by atoms with E-state index in [0.717, 1.165) is 11.7 Å². The third kappa shape index (κ3) is 2.65. The van der Waals surface area contributed by atoms with E-state index >= 15 is 0 Å². The monoisotopic (exact) mass is 347 g/mol. The first kappa shape index (κ1) is 15.8. The van der Waals surface area contributed by atoms with Gasteiger partial charge in [0.2, 0.25) is 0 Å². The zero-order valence-corrected chi connectivity index (χ0v) is 13.1. The van der Waals surface area contributed by atoms with E-state index in [-0.39, 0.29) is 27.4 Å². The van der Waals surface area contributed by atoms with Gasteiger partial charge in [-0.2, -0.15) is 0 Å². The second kappa shape index (κ2) is 6.21. The largest absolute Gasteiger partial charge is 0.513 e. The van der Waals surface area contributed by atoms with Crippen molar-refractivity contribution in [2.24, 2.45) is 0 Å². The molecule has 8 heteroatoms. The van der Waals surface area contributed by atoms with Crippen LogP contribution in [-0.4, -0.2) is 17.8 Å². The van der Waals surface area contributed by atoms with Gasteiger partial charge in [0.05, 0.1) is 23.2 Å². The van der Waals surface area contributed by atoms with Crippen LogP contribution in [0.1, 0.15) is 0 Å². The van der Waals surface area contributed by atoms with Gasteiger partial charge in [-0.25, -0.2) is 14.2 Å². The van der Waals surface area contributed by atoms with Crippen LogP contribution in [0.25, 0.3) is 16.7 Å². The lowest BCUT2D eigenvalue weighted by atomic mass is 10.2. The van der Waals surface area contributed by atoms with Crippen LogP contribution in [0.5, 0.6) is 5.75 Å². The van der Waals surface area contributed by atoms with Gasteiger partial charge in [-0.1, -0.05) is 29.8 Å². The van der Waals surface area contributed by atoms with Crippen molar-refractivity contribution in [2.75, 3.05) is 7.11 Å². The van der Waals surface area contributed by atoms with Crippen LogP contribution in [0.3, 0.4) is 0 Å². The maximum atomic E-state index is 12.7. The van der Waals surface area contributed by atoms with Gasteiger partial charge in [0.1, 0.15) is 0 Å². The molecule has 2 aromatic carbocycles. The summed E-state index contributed by atoms with van der Waals surface area (Å²) in [7, 11) is 1.13. The Morgan fingerprint density at radius 3 is 2.58 bits per heavy atom. The molecule has 0 radical (unpaired) electrons. The van der Waals surface area contributed by atoms with E-state index < -0.39 is 17.5 Å². The van der Waals surface area contributed by atoms with Crippen molar-refractivity contribution in [1.29, 1.82) is 0 Å². The highest BCUT2D eigenvalue weighted by atomic mass is 35.5. The normalized spacial score (nSPS) is 10.6. The van der Waals surface area contributed by atoms with Crippen molar-refractivity contribution >= 4 is 28.7 Å². The molecule has 0 saturated heterocycles. The van der Waals surface area contributed by atoms with E-state index in [0.29, 0.717) is 0 Å². The van der Waals surface area contributed by atoms with Gasteiger partial charge in [-0.15, -0.1) is 0 Å². The second-order valence-corrected chi connectivity index (χ2v) is 5.06. The van der Waals surface area contributed by atoms with Crippen molar-refractivity contribution in [3.05, 3.63) is 68.4 Å². The summed E-state index contributed by atoms with van der Waals surface area (Å²) in [6.45, 7) is 0. The molecule has 7 nitrogen and oxygen atoms in total. The minimum atomic E-state index is -1.000. The maximum absolute atomic E-state index is 12.7. The minimum Gasteiger partial charge on any atom is -0.437 e. The highest BCUT2D eigenvalue weighted by Gasteiger charge is 2.17. The average Bonchev–Trinajstić information content (AvgIpc) is 2.57. The van der Waals surface area contributed by atoms with E-state index in [4.69, 9.17) is 20.8 Å². The van der Waals surface area contributed by atoms with E-state index in [1.807, 2.05) is 0 Å². The van der Waals surface area contributed by atoms with Gasteiger partial charge in [-0.05, 0) is 24.3 Å². The number of para-hydroxylation sites is 2. The summed E-state index contributed by atoms with van der Waals surface area (Å²) < 4.78 is 15.3. The van der Waals surface area contributed by atoms with E-state index in [9.17, 15) is 14.4 Å². The molecule has 0 aliphatic carbocycles. The van der Waals surface area contributed by atoms with Gasteiger partial charge in [-0.3, -0.25) is 4.79 Å². The summed E-state index contributed by atoms with van der Waals surface area (Å²) >= 11 is 6.05. The van der Waals surface area contributed by atoms with Gasteiger partial charge in [0.25, 0.3) is 5.56 Å². The molecule has 0 unspecified atom stereocenters. The number of rotatable bonds is 2. The SMILES string of the molecule is COC(=O)Oc1cccc2c(=O)n(-c3ccccc3Cl)c(=O)oc12. The quantitative estimate of drug-likeness (QED) is 0.523. The molecule has 0 fully saturated rings. The lowest BCUT2D eigenvalue weighted by Crippen LogP contribution is -2.31. The summed E-state index contributed by atoms with van der Waals surface area (Å²) in [6, 6.07) is 10.7. The molecule has 1 aromatic heterocycles. The number of benzene rings is 2. The number of carbonyl (C=O) groups excluding carboxylic acids is 1. The first-order valence-electron chi connectivity index (χ1n) is 6.72. The molecule has 3 aromatic rings. The van der Waals surface area contributed by atoms with Crippen molar-refractivity contribution in [2.45, 2.75) is 0 Å². The average molecular weight is 348 g/mol. The number of methoxy groups -OCH3 is 1. The molecule has 122 valence electrons. The fraction of sp³-hybridized carbons (Fsp3) is 0.0625. The van der Waals surface area contributed by atoms with Gasteiger partial charge in [0, 0.05) is 0 Å². The Morgan fingerprint density at radius 2 is 1.88 bits per heavy atom. The third-order valence-electron chi connectivity index (χ3n) is 3.24. The first-order chi connectivity index (χ1) is 11.5. The number of fused-ring (bicyclic) bond motifs is 1. The van der Waals surface area contributed by atoms with Crippen LogP contribution >= 0.6 is 11.6 Å². The molecular formula is C16H10ClNO6. The highest BCUT2D eigenvalue weighted by molar-refractivity contribution is 6.32. The summed E-state index contributed by atoms with van der Waals surface area (Å²) in [5.74, 6) is -1.05. The molecule has 0 spiro atoms. The molecule has 24 heavy (non-hydrogen) atoms. The molecule has 0 N–H and O–H groups in total. The Balaban J connectivity index is 2.30. The number of hydrogen-bond acceptors (Lipinski definition) is 6. The Labute approximate surface area is 139 Å². The number of nitrogens with zero attached hydrogens (tertiary/aromatic N) is 1. The van der Waals surface area contributed by atoms with Gasteiger partial charge < -0.3 is 13.9 Å². The topological polar surface area (TPSA) is 87.7 Å². The molecular weight excluding hydrogens is 338 g/mol. The third-order valence-corrected chi connectivity index (χ3v) is 3.56. The van der Waals surface area contributed by atoms with Crippen molar-refractivity contribution in [3.63, 3.8) is 0 Å². The van der Waals surface area contributed by atoms with Crippen molar-refractivity contribution in [3.8, 4) is 11.4 Å². The summed E-state index contributed by atoms with van der Waals surface area (Å²) in [5, 5.41) is 0.268. The van der Waals surface area contributed by atoms with Crippen LogP contribution in [-0.2, 0) is 4.74 Å². The smallest absolute Gasteiger partial charge is 0.437 e. The molecule has 0 atom stereocenters. The van der Waals surface area contributed by atoms with Crippen LogP contribution in [0.2, 0.25) is 5.02 Å². The number of aromatic nitrogens is 1. The van der Waals surface area contributed by atoms with Crippen molar-refractivity contribution in [1.82, 2.24) is 4.57 Å². The van der Waals surface area contributed by atoms with E-state index in [1.165, 1.54) is 24.3 Å². The van der Waals surface area contributed by atoms with Gasteiger partial charge in [0.15, 0.2) is 11.3 Å². The predicted octanol–water partition coefficient (Wildman–Crippen LogP) is 2.74. The zero-order chi connectivity index (χ0) is 17.3. The minimum absolute atomic E-state index is 0.0518. The Morgan fingerprint density at radius 1 is 1.12 bits per heavy atom. The molecule has 3 rings (SSSR count). The van der Waals surface area contributed by atoms with Gasteiger partial charge >= 0.3 is 11.9 Å². The standard InChI is InChI=1S/C16H10ClNO6/c1-22-16(21)23-12-8-4-5-9-13(12)24-15(20)18(14(9)19)11-7-3-2-6-10(11)17/h2-8H,1H3. The maximum Gasteiger partial charge on any atom is 0.513 e. The summed E-state index contributed by atoms with van der Waals surface area (Å²) in [5.41, 5.74) is -0.607. The molecule has 0 aliphatic heterocycles. The van der Waals surface area contributed by atoms with Crippen LogP contribution < -0.4 is 16.1 Å². The predicted molar refractivity (Wildman–Crippen MR) is 86.1 cm³/mol. The molecule has 0 amide bonds. The Kier molecular flexibility index (Phi) is 4.09. The number of hydrogen-bond donors (Lipinski definition) is 0.